The molecule has 16 heavy (non-hydrogen) atoms. The predicted molar refractivity (Wildman–Crippen MR) is 71.5 cm³/mol. The fraction of sp³-hybridized carbons (Fsp3) is 0.875. The number of hydrogen-bond donors (Lipinski definition) is 0. The van der Waals surface area contributed by atoms with Crippen LogP contribution in [0, 0.1) is 11.8 Å². The molecule has 0 heteroatoms. The van der Waals surface area contributed by atoms with Crippen molar-refractivity contribution in [1.29, 1.82) is 0 Å². The fourth-order valence-electron chi connectivity index (χ4n) is 3.47. The van der Waals surface area contributed by atoms with Crippen molar-refractivity contribution >= 4 is 0 Å². The van der Waals surface area contributed by atoms with Gasteiger partial charge in [-0.25, -0.2) is 0 Å². The van der Waals surface area contributed by atoms with E-state index in [4.69, 9.17) is 0 Å². The summed E-state index contributed by atoms with van der Waals surface area (Å²) in [4.78, 5) is 0. The maximum absolute atomic E-state index is 2.41. The predicted octanol–water partition coefficient (Wildman–Crippen LogP) is 5.48. The standard InChI is InChI=1S/C16H28/c1-2-5-9-15(10-6-3-1)13-14-16-11-7-4-8-12-16/h1-2,15-16H,3-14H2. The topological polar surface area (TPSA) is 0 Å². The second-order valence-corrected chi connectivity index (χ2v) is 5.93. The van der Waals surface area contributed by atoms with Gasteiger partial charge >= 0.3 is 0 Å². The van der Waals surface area contributed by atoms with E-state index in [9.17, 15) is 0 Å². The molecular weight excluding hydrogens is 192 g/mol. The monoisotopic (exact) mass is 220 g/mol. The molecule has 1 saturated carbocycles. The second kappa shape index (κ2) is 7.14. The Balaban J connectivity index is 1.65. The van der Waals surface area contributed by atoms with Gasteiger partial charge in [0.05, 0.1) is 0 Å². The minimum atomic E-state index is 1.05. The van der Waals surface area contributed by atoms with Crippen LogP contribution >= 0.6 is 0 Å². The van der Waals surface area contributed by atoms with E-state index in [0.29, 0.717) is 0 Å². The Morgan fingerprint density at radius 1 is 0.625 bits per heavy atom. The first-order valence-electron chi connectivity index (χ1n) is 7.60. The Labute approximate surface area is 102 Å². The summed E-state index contributed by atoms with van der Waals surface area (Å²) >= 11 is 0. The molecule has 0 N–H and O–H groups in total. The Hall–Kier alpha value is -0.260. The molecule has 0 aromatic rings. The van der Waals surface area contributed by atoms with Crippen LogP contribution in [-0.4, -0.2) is 0 Å². The zero-order valence-electron chi connectivity index (χ0n) is 10.8. The van der Waals surface area contributed by atoms with Crippen LogP contribution in [0.2, 0.25) is 0 Å². The van der Waals surface area contributed by atoms with Gasteiger partial charge in [-0.1, -0.05) is 63.5 Å². The molecule has 0 spiro atoms. The van der Waals surface area contributed by atoms with Crippen molar-refractivity contribution in [3.63, 3.8) is 0 Å². The lowest BCUT2D eigenvalue weighted by Crippen LogP contribution is -2.09. The molecule has 0 amide bonds. The first-order valence-corrected chi connectivity index (χ1v) is 7.60. The zero-order valence-corrected chi connectivity index (χ0v) is 10.8. The van der Waals surface area contributed by atoms with Crippen molar-refractivity contribution in [2.75, 3.05) is 0 Å². The van der Waals surface area contributed by atoms with Crippen LogP contribution in [0.3, 0.4) is 0 Å². The van der Waals surface area contributed by atoms with E-state index >= 15 is 0 Å². The van der Waals surface area contributed by atoms with Crippen LogP contribution in [-0.2, 0) is 0 Å². The van der Waals surface area contributed by atoms with E-state index in [1.54, 1.807) is 0 Å². The van der Waals surface area contributed by atoms with Crippen LogP contribution in [0.15, 0.2) is 12.2 Å². The summed E-state index contributed by atoms with van der Waals surface area (Å²) in [5.74, 6) is 2.14. The highest BCUT2D eigenvalue weighted by atomic mass is 14.2. The lowest BCUT2D eigenvalue weighted by Gasteiger charge is -2.24. The summed E-state index contributed by atoms with van der Waals surface area (Å²) < 4.78 is 0. The molecule has 0 aromatic heterocycles. The number of rotatable bonds is 3. The Morgan fingerprint density at radius 2 is 1.25 bits per heavy atom. The largest absolute Gasteiger partial charge is 0.0885 e. The van der Waals surface area contributed by atoms with Gasteiger partial charge in [0.15, 0.2) is 0 Å². The molecule has 0 saturated heterocycles. The van der Waals surface area contributed by atoms with Gasteiger partial charge in [-0.15, -0.1) is 0 Å². The summed E-state index contributed by atoms with van der Waals surface area (Å²) in [5, 5.41) is 0. The molecule has 0 bridgehead atoms. The third kappa shape index (κ3) is 4.31. The first-order chi connectivity index (χ1) is 7.95. The summed E-state index contributed by atoms with van der Waals surface area (Å²) in [7, 11) is 0. The third-order valence-corrected chi connectivity index (χ3v) is 4.60. The molecule has 0 heterocycles. The molecule has 0 radical (unpaired) electrons. The first kappa shape index (κ1) is 12.2. The van der Waals surface area contributed by atoms with Crippen molar-refractivity contribution in [2.24, 2.45) is 11.8 Å². The van der Waals surface area contributed by atoms with Crippen molar-refractivity contribution < 1.29 is 0 Å². The van der Waals surface area contributed by atoms with Crippen molar-refractivity contribution in [3.8, 4) is 0 Å². The van der Waals surface area contributed by atoms with Crippen LogP contribution in [0.25, 0.3) is 0 Å². The average Bonchev–Trinajstić information content (AvgIpc) is 2.29. The molecule has 2 rings (SSSR count). The maximum Gasteiger partial charge on any atom is -0.0348 e. The molecule has 0 nitrogen and oxygen atoms in total. The third-order valence-electron chi connectivity index (χ3n) is 4.60. The van der Waals surface area contributed by atoms with E-state index in [2.05, 4.69) is 12.2 Å². The minimum Gasteiger partial charge on any atom is -0.0885 e. The van der Waals surface area contributed by atoms with Gasteiger partial charge in [0.25, 0.3) is 0 Å². The van der Waals surface area contributed by atoms with Gasteiger partial charge in [-0.3, -0.25) is 0 Å². The smallest absolute Gasteiger partial charge is 0.0348 e. The Kier molecular flexibility index (Phi) is 5.45. The summed E-state index contributed by atoms with van der Waals surface area (Å²) in [6, 6.07) is 0. The van der Waals surface area contributed by atoms with Gasteiger partial charge in [-0.2, -0.15) is 0 Å². The van der Waals surface area contributed by atoms with Gasteiger partial charge in [-0.05, 0) is 37.5 Å². The quantitative estimate of drug-likeness (QED) is 0.552. The molecule has 92 valence electrons. The molecule has 0 aromatic carbocycles. The fourth-order valence-corrected chi connectivity index (χ4v) is 3.47. The summed E-state index contributed by atoms with van der Waals surface area (Å²) in [6.07, 6.45) is 22.5. The molecule has 1 unspecified atom stereocenters. The number of hydrogen-bond acceptors (Lipinski definition) is 0. The minimum absolute atomic E-state index is 1.05. The molecule has 1 fully saturated rings. The molecule has 2 aliphatic carbocycles. The lowest BCUT2D eigenvalue weighted by molar-refractivity contribution is 0.293. The van der Waals surface area contributed by atoms with Crippen LogP contribution < -0.4 is 0 Å². The Morgan fingerprint density at radius 3 is 2.06 bits per heavy atom. The summed E-state index contributed by atoms with van der Waals surface area (Å²) in [6.45, 7) is 0. The van der Waals surface area contributed by atoms with Crippen molar-refractivity contribution in [3.05, 3.63) is 12.2 Å². The van der Waals surface area contributed by atoms with E-state index in [0.717, 1.165) is 11.8 Å². The van der Waals surface area contributed by atoms with Crippen molar-refractivity contribution in [2.45, 2.75) is 77.0 Å². The molecule has 0 aliphatic heterocycles. The van der Waals surface area contributed by atoms with Crippen LogP contribution in [0.1, 0.15) is 77.0 Å². The van der Waals surface area contributed by atoms with E-state index < -0.39 is 0 Å². The van der Waals surface area contributed by atoms with Gasteiger partial charge in [0, 0.05) is 0 Å². The van der Waals surface area contributed by atoms with Crippen molar-refractivity contribution in [1.82, 2.24) is 0 Å². The average molecular weight is 220 g/mol. The van der Waals surface area contributed by atoms with Crippen LogP contribution in [0.5, 0.6) is 0 Å². The molecular formula is C16H28. The maximum atomic E-state index is 2.41. The Bertz CT molecular complexity index is 198. The highest BCUT2D eigenvalue weighted by molar-refractivity contribution is 4.85. The lowest BCUT2D eigenvalue weighted by atomic mass is 9.82. The van der Waals surface area contributed by atoms with Gasteiger partial charge in [0.2, 0.25) is 0 Å². The normalized spacial score (nSPS) is 28.6. The zero-order chi connectivity index (χ0) is 11.1. The SMILES string of the molecule is C1=CCCC(CCC2CCCCC2)CCC1. The molecule has 1 atom stereocenters. The molecule has 2 aliphatic rings. The van der Waals surface area contributed by atoms with Gasteiger partial charge in [0.1, 0.15) is 0 Å². The van der Waals surface area contributed by atoms with E-state index in [1.807, 2.05) is 0 Å². The van der Waals surface area contributed by atoms with E-state index in [-0.39, 0.29) is 0 Å². The number of allylic oxidation sites excluding steroid dienone is 2. The highest BCUT2D eigenvalue weighted by Gasteiger charge is 2.16. The van der Waals surface area contributed by atoms with Crippen LogP contribution in [0.4, 0.5) is 0 Å². The van der Waals surface area contributed by atoms with Gasteiger partial charge < -0.3 is 0 Å². The summed E-state index contributed by atoms with van der Waals surface area (Å²) in [5.41, 5.74) is 0. The highest BCUT2D eigenvalue weighted by Crippen LogP contribution is 2.31. The van der Waals surface area contributed by atoms with E-state index in [1.165, 1.54) is 77.0 Å². The second-order valence-electron chi connectivity index (χ2n) is 5.93.